The molecule has 0 atom stereocenters. The molecule has 0 aliphatic carbocycles. The fourth-order valence-electron chi connectivity index (χ4n) is 4.64. The van der Waals surface area contributed by atoms with Gasteiger partial charge in [-0.2, -0.15) is 18.3 Å². The average Bonchev–Trinajstić information content (AvgIpc) is 3.39. The van der Waals surface area contributed by atoms with Gasteiger partial charge in [0.2, 0.25) is 0 Å². The van der Waals surface area contributed by atoms with Gasteiger partial charge < -0.3 is 9.47 Å². The molecule has 1 aliphatic rings. The summed E-state index contributed by atoms with van der Waals surface area (Å²) < 4.78 is 80.4. The topological polar surface area (TPSA) is 104 Å². The number of sulfonamides is 1. The van der Waals surface area contributed by atoms with Crippen molar-refractivity contribution in [2.24, 2.45) is 0 Å². The highest BCUT2D eigenvalue weighted by Crippen LogP contribution is 2.36. The van der Waals surface area contributed by atoms with Crippen molar-refractivity contribution < 1.29 is 35.9 Å². The number of hydrogen-bond donors (Lipinski definition) is 0. The van der Waals surface area contributed by atoms with Crippen LogP contribution in [0.3, 0.4) is 0 Å². The molecule has 41 heavy (non-hydrogen) atoms. The molecule has 2 aromatic carbocycles. The lowest BCUT2D eigenvalue weighted by Crippen LogP contribution is -2.32. The van der Waals surface area contributed by atoms with Crippen LogP contribution in [0.5, 0.6) is 0 Å². The lowest BCUT2D eigenvalue weighted by molar-refractivity contribution is -0.137. The van der Waals surface area contributed by atoms with Crippen molar-refractivity contribution in [2.75, 3.05) is 24.6 Å². The summed E-state index contributed by atoms with van der Waals surface area (Å²) >= 11 is 6.21. The van der Waals surface area contributed by atoms with Gasteiger partial charge in [-0.25, -0.2) is 22.5 Å². The molecule has 1 saturated heterocycles. The second kappa shape index (κ2) is 11.3. The number of ether oxygens (including phenoxy) is 2. The molecule has 14 heteroatoms. The fraction of sp³-hybridized carbons (Fsp3) is 0.296. The van der Waals surface area contributed by atoms with Crippen molar-refractivity contribution in [3.8, 4) is 0 Å². The lowest BCUT2D eigenvalue weighted by atomic mass is 10.1. The summed E-state index contributed by atoms with van der Waals surface area (Å²) in [4.78, 5) is 15.4. The molecule has 0 amide bonds. The highest BCUT2D eigenvalue weighted by Gasteiger charge is 2.34. The van der Waals surface area contributed by atoms with E-state index in [9.17, 15) is 26.4 Å². The van der Waals surface area contributed by atoms with E-state index in [1.165, 1.54) is 31.4 Å². The van der Waals surface area contributed by atoms with E-state index in [-0.39, 0.29) is 28.9 Å². The van der Waals surface area contributed by atoms with Crippen LogP contribution in [0.15, 0.2) is 65.8 Å². The molecule has 5 rings (SSSR count). The maximum absolute atomic E-state index is 13.9. The van der Waals surface area contributed by atoms with Crippen LogP contribution in [0, 0.1) is 0 Å². The highest BCUT2D eigenvalue weighted by atomic mass is 35.5. The minimum Gasteiger partial charge on any atom is -0.465 e. The molecule has 0 saturated carbocycles. The highest BCUT2D eigenvalue weighted by molar-refractivity contribution is 7.92. The number of hydrogen-bond acceptors (Lipinski definition) is 7. The smallest absolute Gasteiger partial charge is 0.417 e. The number of pyridine rings is 1. The van der Waals surface area contributed by atoms with Crippen LogP contribution in [0.4, 0.5) is 19.0 Å². The van der Waals surface area contributed by atoms with Gasteiger partial charge in [-0.15, -0.1) is 0 Å². The molecular formula is C27H24ClF3N4O5S. The first-order valence-electron chi connectivity index (χ1n) is 12.5. The minimum absolute atomic E-state index is 0.121. The van der Waals surface area contributed by atoms with Crippen molar-refractivity contribution in [1.29, 1.82) is 0 Å². The predicted octanol–water partition coefficient (Wildman–Crippen LogP) is 5.64. The average molecular weight is 609 g/mol. The Balaban J connectivity index is 1.54. The minimum atomic E-state index is -4.72. The third kappa shape index (κ3) is 5.88. The first-order valence-corrected chi connectivity index (χ1v) is 14.3. The van der Waals surface area contributed by atoms with Crippen LogP contribution in [0.25, 0.3) is 10.9 Å². The van der Waals surface area contributed by atoms with Crippen LogP contribution < -0.4 is 4.31 Å². The van der Waals surface area contributed by atoms with Gasteiger partial charge in [0.25, 0.3) is 10.0 Å². The van der Waals surface area contributed by atoms with E-state index in [4.69, 9.17) is 16.3 Å². The quantitative estimate of drug-likeness (QED) is 0.250. The first-order chi connectivity index (χ1) is 19.5. The number of anilines is 1. The number of nitrogens with zero attached hydrogens (tertiary/aromatic N) is 4. The van der Waals surface area contributed by atoms with Crippen molar-refractivity contribution in [3.05, 3.63) is 82.6 Å². The number of carbonyl (C=O) groups excluding carboxylic acids is 1. The maximum atomic E-state index is 13.9. The van der Waals surface area contributed by atoms with Gasteiger partial charge >= 0.3 is 12.1 Å². The van der Waals surface area contributed by atoms with E-state index < -0.39 is 32.8 Å². The molecule has 216 valence electrons. The van der Waals surface area contributed by atoms with E-state index in [1.807, 2.05) is 10.7 Å². The van der Waals surface area contributed by atoms with Gasteiger partial charge in [-0.3, -0.25) is 4.68 Å². The Hall–Kier alpha value is -3.68. The Labute approximate surface area is 238 Å². The second-order valence-electron chi connectivity index (χ2n) is 9.38. The van der Waals surface area contributed by atoms with Gasteiger partial charge in [0.1, 0.15) is 0 Å². The third-order valence-corrected chi connectivity index (χ3v) is 8.80. The molecule has 0 unspecified atom stereocenters. The predicted molar refractivity (Wildman–Crippen MR) is 144 cm³/mol. The number of halogens is 4. The Morgan fingerprint density at radius 2 is 1.83 bits per heavy atom. The molecule has 1 aliphatic heterocycles. The lowest BCUT2D eigenvalue weighted by Gasteiger charge is -2.25. The van der Waals surface area contributed by atoms with E-state index >= 15 is 0 Å². The SMILES string of the molecule is COC(=O)c1ccc(S(=O)(=O)N(Cc2ccc3c(cnn3C3CCOCC3)c2)c2ncc(C(F)(F)F)cc2Cl)cc1. The molecule has 0 radical (unpaired) electrons. The summed E-state index contributed by atoms with van der Waals surface area (Å²) in [6.45, 7) is 0.981. The Bertz CT molecular complexity index is 1690. The number of fused-ring (bicyclic) bond motifs is 1. The van der Waals surface area contributed by atoms with Crippen LogP contribution in [0.1, 0.15) is 40.4 Å². The van der Waals surface area contributed by atoms with Gasteiger partial charge in [0.05, 0.1) is 52.5 Å². The molecule has 2 aromatic heterocycles. The number of rotatable bonds is 7. The zero-order valence-corrected chi connectivity index (χ0v) is 23.2. The van der Waals surface area contributed by atoms with Crippen molar-refractivity contribution in [2.45, 2.75) is 36.5 Å². The summed E-state index contributed by atoms with van der Waals surface area (Å²) in [5.74, 6) is -1.04. The van der Waals surface area contributed by atoms with Gasteiger partial charge in [-0.1, -0.05) is 17.7 Å². The summed E-state index contributed by atoms with van der Waals surface area (Å²) in [5, 5.41) is 4.79. The molecule has 9 nitrogen and oxygen atoms in total. The van der Waals surface area contributed by atoms with E-state index in [2.05, 4.69) is 14.8 Å². The van der Waals surface area contributed by atoms with E-state index in [1.54, 1.807) is 18.3 Å². The molecule has 0 spiro atoms. The fourth-order valence-corrected chi connectivity index (χ4v) is 6.38. The third-order valence-electron chi connectivity index (χ3n) is 6.77. The number of benzene rings is 2. The number of aromatic nitrogens is 3. The largest absolute Gasteiger partial charge is 0.465 e. The normalized spacial score (nSPS) is 14.8. The molecular weight excluding hydrogens is 585 g/mol. The summed E-state index contributed by atoms with van der Waals surface area (Å²) in [5.41, 5.74) is 0.388. The molecule has 0 bridgehead atoms. The van der Waals surface area contributed by atoms with Gasteiger partial charge in [-0.05, 0) is 60.9 Å². The van der Waals surface area contributed by atoms with Gasteiger partial charge in [0, 0.05) is 24.8 Å². The Kier molecular flexibility index (Phi) is 7.95. The second-order valence-corrected chi connectivity index (χ2v) is 11.7. The van der Waals surface area contributed by atoms with Crippen LogP contribution in [-0.4, -0.2) is 49.5 Å². The first kappa shape index (κ1) is 28.8. The zero-order valence-electron chi connectivity index (χ0n) is 21.6. The van der Waals surface area contributed by atoms with Crippen LogP contribution in [-0.2, 0) is 32.2 Å². The number of alkyl halides is 3. The van der Waals surface area contributed by atoms with Crippen molar-refractivity contribution in [1.82, 2.24) is 14.8 Å². The van der Waals surface area contributed by atoms with E-state index in [0.717, 1.165) is 28.0 Å². The summed E-state index contributed by atoms with van der Waals surface area (Å²) in [7, 11) is -3.23. The Morgan fingerprint density at radius 3 is 2.46 bits per heavy atom. The monoisotopic (exact) mass is 608 g/mol. The molecule has 0 N–H and O–H groups in total. The maximum Gasteiger partial charge on any atom is 0.417 e. The number of carbonyl (C=O) groups is 1. The number of esters is 1. The molecule has 4 aromatic rings. The Morgan fingerprint density at radius 1 is 1.12 bits per heavy atom. The standard InChI is InChI=1S/C27H24ClF3N4O5S/c1-39-26(36)18-3-5-22(6-4-18)41(37,38)34(25-23(28)13-20(15-32-25)27(29,30)31)16-17-2-7-24-19(12-17)14-33-35(24)21-8-10-40-11-9-21/h2-7,12-15,21H,8-11,16H2,1H3. The van der Waals surface area contributed by atoms with Crippen LogP contribution in [0.2, 0.25) is 5.02 Å². The van der Waals surface area contributed by atoms with Gasteiger partial charge in [0.15, 0.2) is 5.82 Å². The van der Waals surface area contributed by atoms with E-state index in [0.29, 0.717) is 31.0 Å². The summed E-state index contributed by atoms with van der Waals surface area (Å²) in [6.07, 6.45) is -0.875. The van der Waals surface area contributed by atoms with Crippen molar-refractivity contribution in [3.63, 3.8) is 0 Å². The molecule has 3 heterocycles. The summed E-state index contributed by atoms with van der Waals surface area (Å²) in [6, 6.07) is 11.1. The van der Waals surface area contributed by atoms with Crippen LogP contribution >= 0.6 is 11.6 Å². The molecule has 1 fully saturated rings. The number of methoxy groups -OCH3 is 1. The zero-order chi connectivity index (χ0) is 29.4. The van der Waals surface area contributed by atoms with Crippen molar-refractivity contribution >= 4 is 44.3 Å².